The average Bonchev–Trinajstić information content (AvgIpc) is 2.80. The molecule has 2 amide bonds. The fraction of sp³-hybridized carbons (Fsp3) is 0.364. The van der Waals surface area contributed by atoms with E-state index in [4.69, 9.17) is 0 Å². The molecule has 142 valence electrons. The molecule has 1 aliphatic rings. The molecule has 1 atom stereocenters. The highest BCUT2D eigenvalue weighted by molar-refractivity contribution is 5.97. The minimum absolute atomic E-state index is 0.00237. The van der Waals surface area contributed by atoms with Crippen LogP contribution >= 0.6 is 0 Å². The monoisotopic (exact) mass is 366 g/mol. The lowest BCUT2D eigenvalue weighted by molar-refractivity contribution is -0.131. The molecule has 5 heteroatoms. The van der Waals surface area contributed by atoms with Gasteiger partial charge in [0.1, 0.15) is 6.54 Å². The largest absolute Gasteiger partial charge is 0.389 e. The number of carbonyl (C=O) groups is 2. The zero-order valence-corrected chi connectivity index (χ0v) is 15.9. The molecular formula is C22H26N2O3. The fourth-order valence-corrected chi connectivity index (χ4v) is 3.33. The van der Waals surface area contributed by atoms with Crippen LogP contribution in [0.3, 0.4) is 0 Å². The van der Waals surface area contributed by atoms with Crippen molar-refractivity contribution in [1.82, 2.24) is 9.80 Å². The van der Waals surface area contributed by atoms with E-state index in [2.05, 4.69) is 0 Å². The smallest absolute Gasteiger partial charge is 0.254 e. The van der Waals surface area contributed by atoms with Gasteiger partial charge in [-0.15, -0.1) is 0 Å². The third-order valence-electron chi connectivity index (χ3n) is 5.10. The molecule has 0 bridgehead atoms. The molecule has 3 rings (SSSR count). The maximum absolute atomic E-state index is 12.8. The van der Waals surface area contributed by atoms with Gasteiger partial charge in [0.15, 0.2) is 0 Å². The summed E-state index contributed by atoms with van der Waals surface area (Å²) in [6.07, 6.45) is -0.0209. The summed E-state index contributed by atoms with van der Waals surface area (Å²) in [6, 6.07) is 15.5. The summed E-state index contributed by atoms with van der Waals surface area (Å²) >= 11 is 0. The highest BCUT2D eigenvalue weighted by atomic mass is 16.3. The summed E-state index contributed by atoms with van der Waals surface area (Å²) in [7, 11) is 0. The molecule has 1 fully saturated rings. The second-order valence-electron chi connectivity index (χ2n) is 7.21. The molecule has 0 aromatic heterocycles. The molecule has 0 radical (unpaired) electrons. The number of aliphatic hydroxyl groups is 1. The summed E-state index contributed by atoms with van der Waals surface area (Å²) in [6.45, 7) is 4.90. The summed E-state index contributed by atoms with van der Waals surface area (Å²) in [5.41, 5.74) is 3.85. The number of aryl methyl sites for hydroxylation is 2. The molecule has 1 heterocycles. The summed E-state index contributed by atoms with van der Waals surface area (Å²) in [5, 5.41) is 10.4. The van der Waals surface area contributed by atoms with E-state index in [1.807, 2.05) is 56.3 Å². The molecule has 27 heavy (non-hydrogen) atoms. The molecule has 1 saturated heterocycles. The molecule has 5 nitrogen and oxygen atoms in total. The molecule has 1 N–H and O–H groups in total. The van der Waals surface area contributed by atoms with Gasteiger partial charge in [-0.25, -0.2) is 0 Å². The number of nitrogens with zero attached hydrogens (tertiary/aromatic N) is 2. The Hall–Kier alpha value is -2.66. The molecule has 2 aromatic rings. The average molecular weight is 366 g/mol. The molecule has 1 aliphatic heterocycles. The van der Waals surface area contributed by atoms with E-state index < -0.39 is 6.10 Å². The van der Waals surface area contributed by atoms with Gasteiger partial charge in [-0.2, -0.15) is 0 Å². The van der Waals surface area contributed by atoms with Crippen molar-refractivity contribution in [2.75, 3.05) is 26.2 Å². The van der Waals surface area contributed by atoms with Gasteiger partial charge in [0, 0.05) is 25.2 Å². The Morgan fingerprint density at radius 2 is 1.81 bits per heavy atom. The highest BCUT2D eigenvalue weighted by Gasteiger charge is 2.29. The number of aliphatic hydroxyl groups excluding tert-OH is 1. The van der Waals surface area contributed by atoms with Crippen molar-refractivity contribution in [3.8, 4) is 0 Å². The lowest BCUT2D eigenvalue weighted by atomic mass is 10.1. The first-order valence-electron chi connectivity index (χ1n) is 9.30. The van der Waals surface area contributed by atoms with Gasteiger partial charge in [0.05, 0.1) is 6.10 Å². The number of amides is 2. The Morgan fingerprint density at radius 1 is 1.07 bits per heavy atom. The van der Waals surface area contributed by atoms with Crippen LogP contribution in [0.1, 0.15) is 27.0 Å². The Labute approximate surface area is 160 Å². The van der Waals surface area contributed by atoms with Crippen LogP contribution in [0.2, 0.25) is 0 Å². The first kappa shape index (κ1) is 19.1. The van der Waals surface area contributed by atoms with Gasteiger partial charge in [0.2, 0.25) is 5.91 Å². The van der Waals surface area contributed by atoms with E-state index in [0.717, 1.165) is 23.1 Å². The minimum atomic E-state index is -0.747. The van der Waals surface area contributed by atoms with E-state index in [0.29, 0.717) is 12.1 Å². The van der Waals surface area contributed by atoms with Gasteiger partial charge >= 0.3 is 0 Å². The maximum atomic E-state index is 12.8. The van der Waals surface area contributed by atoms with Gasteiger partial charge in [0.25, 0.3) is 5.91 Å². The molecule has 0 spiro atoms. The van der Waals surface area contributed by atoms with Crippen LogP contribution in [0.5, 0.6) is 0 Å². The lowest BCUT2D eigenvalue weighted by Gasteiger charge is -2.22. The van der Waals surface area contributed by atoms with Crippen LogP contribution in [0.4, 0.5) is 0 Å². The standard InChI is InChI=1S/C22H26N2O3/c1-16-8-9-19(12-17(16)2)22(27)24-14-20(25)13-23(21(26)15-24)11-10-18-6-4-3-5-7-18/h3-9,12,20,25H,10-11,13-15H2,1-2H3. The van der Waals surface area contributed by atoms with Crippen LogP contribution in [0.15, 0.2) is 48.5 Å². The van der Waals surface area contributed by atoms with Crippen LogP contribution in [-0.4, -0.2) is 59.0 Å². The molecule has 0 saturated carbocycles. The topological polar surface area (TPSA) is 60.9 Å². The van der Waals surface area contributed by atoms with Crippen molar-refractivity contribution in [3.05, 3.63) is 70.8 Å². The zero-order valence-electron chi connectivity index (χ0n) is 15.9. The number of hydrogen-bond donors (Lipinski definition) is 1. The fourth-order valence-electron chi connectivity index (χ4n) is 3.33. The van der Waals surface area contributed by atoms with Crippen molar-refractivity contribution in [3.63, 3.8) is 0 Å². The normalized spacial score (nSPS) is 17.7. The van der Waals surface area contributed by atoms with Crippen molar-refractivity contribution in [2.24, 2.45) is 0 Å². The van der Waals surface area contributed by atoms with Crippen molar-refractivity contribution in [1.29, 1.82) is 0 Å². The molecule has 2 aromatic carbocycles. The predicted octanol–water partition coefficient (Wildman–Crippen LogP) is 2.19. The van der Waals surface area contributed by atoms with Crippen molar-refractivity contribution < 1.29 is 14.7 Å². The third kappa shape index (κ3) is 4.74. The molecule has 0 aliphatic carbocycles. The number of benzene rings is 2. The van der Waals surface area contributed by atoms with Gasteiger partial charge < -0.3 is 14.9 Å². The van der Waals surface area contributed by atoms with E-state index in [1.165, 1.54) is 4.90 Å². The van der Waals surface area contributed by atoms with Gasteiger partial charge in [-0.3, -0.25) is 9.59 Å². The van der Waals surface area contributed by atoms with E-state index in [-0.39, 0.29) is 31.4 Å². The van der Waals surface area contributed by atoms with Crippen molar-refractivity contribution >= 4 is 11.8 Å². The summed E-state index contributed by atoms with van der Waals surface area (Å²) in [4.78, 5) is 28.6. The molecular weight excluding hydrogens is 340 g/mol. The Morgan fingerprint density at radius 3 is 2.52 bits per heavy atom. The van der Waals surface area contributed by atoms with E-state index >= 15 is 0 Å². The predicted molar refractivity (Wildman–Crippen MR) is 105 cm³/mol. The number of carbonyl (C=O) groups excluding carboxylic acids is 2. The first-order chi connectivity index (χ1) is 12.9. The van der Waals surface area contributed by atoms with Crippen LogP contribution in [0.25, 0.3) is 0 Å². The quantitative estimate of drug-likeness (QED) is 0.902. The lowest BCUT2D eigenvalue weighted by Crippen LogP contribution is -2.40. The Balaban J connectivity index is 1.68. The second-order valence-corrected chi connectivity index (χ2v) is 7.21. The number of rotatable bonds is 4. The first-order valence-corrected chi connectivity index (χ1v) is 9.30. The van der Waals surface area contributed by atoms with Gasteiger partial charge in [-0.1, -0.05) is 36.4 Å². The summed E-state index contributed by atoms with van der Waals surface area (Å²) in [5.74, 6) is -0.338. The highest BCUT2D eigenvalue weighted by Crippen LogP contribution is 2.15. The van der Waals surface area contributed by atoms with Crippen LogP contribution in [-0.2, 0) is 11.2 Å². The van der Waals surface area contributed by atoms with E-state index in [9.17, 15) is 14.7 Å². The number of hydrogen-bond acceptors (Lipinski definition) is 3. The minimum Gasteiger partial charge on any atom is -0.389 e. The van der Waals surface area contributed by atoms with Gasteiger partial charge in [-0.05, 0) is 49.1 Å². The zero-order chi connectivity index (χ0) is 19.4. The summed E-state index contributed by atoms with van der Waals surface area (Å²) < 4.78 is 0. The number of β-amino-alcohol motifs (C(OH)–C–C–N with tert-alkyl or cyclic N) is 1. The molecule has 1 unspecified atom stereocenters. The Kier molecular flexibility index (Phi) is 5.91. The third-order valence-corrected chi connectivity index (χ3v) is 5.10. The van der Waals surface area contributed by atoms with Crippen LogP contribution < -0.4 is 0 Å². The van der Waals surface area contributed by atoms with E-state index in [1.54, 1.807) is 11.0 Å². The Bertz CT molecular complexity index is 820. The van der Waals surface area contributed by atoms with Crippen LogP contribution in [0, 0.1) is 13.8 Å². The SMILES string of the molecule is Cc1ccc(C(=O)N2CC(=O)N(CCc3ccccc3)CC(O)C2)cc1C. The second kappa shape index (κ2) is 8.35. The van der Waals surface area contributed by atoms with Crippen molar-refractivity contribution in [2.45, 2.75) is 26.4 Å². The maximum Gasteiger partial charge on any atom is 0.254 e.